The van der Waals surface area contributed by atoms with E-state index in [4.69, 9.17) is 33.6 Å². The number of ether oxygens (including phenoxy) is 5. The normalized spacial score (nSPS) is 29.0. The molecule has 2 aromatic rings. The lowest BCUT2D eigenvalue weighted by Crippen LogP contribution is -2.57. The summed E-state index contributed by atoms with van der Waals surface area (Å²) >= 11 is 0. The van der Waals surface area contributed by atoms with Crippen LogP contribution in [0.1, 0.15) is 50.9 Å². The van der Waals surface area contributed by atoms with Gasteiger partial charge in [0.2, 0.25) is 0 Å². The van der Waals surface area contributed by atoms with Gasteiger partial charge in [0.25, 0.3) is 6.47 Å². The quantitative estimate of drug-likeness (QED) is 0.155. The first-order chi connectivity index (χ1) is 24.7. The van der Waals surface area contributed by atoms with Crippen molar-refractivity contribution in [3.8, 4) is 0 Å². The van der Waals surface area contributed by atoms with Crippen LogP contribution in [0, 0.1) is 0 Å². The van der Waals surface area contributed by atoms with Gasteiger partial charge < -0.3 is 64.3 Å². The Kier molecular flexibility index (Phi) is 15.3. The number of likely N-dealkylation sites (tertiary alicyclic amines) is 1. The van der Waals surface area contributed by atoms with E-state index in [9.17, 15) is 35.4 Å². The molecule has 3 aliphatic rings. The van der Waals surface area contributed by atoms with Crippen LogP contribution in [0.2, 0.25) is 0 Å². The Labute approximate surface area is 302 Å². The minimum absolute atomic E-state index is 0.131. The highest BCUT2D eigenvalue weighted by Gasteiger charge is 2.44. The number of hydrogen-bond acceptors (Lipinski definition) is 14. The van der Waals surface area contributed by atoms with Crippen LogP contribution in [0.3, 0.4) is 0 Å². The van der Waals surface area contributed by atoms with Crippen LogP contribution in [-0.4, -0.2) is 158 Å². The van der Waals surface area contributed by atoms with Gasteiger partial charge in [-0.25, -0.2) is 4.79 Å². The van der Waals surface area contributed by atoms with Crippen LogP contribution in [0.25, 0.3) is 0 Å². The van der Waals surface area contributed by atoms with E-state index in [1.54, 1.807) is 74.2 Å². The van der Waals surface area contributed by atoms with E-state index in [0.717, 1.165) is 0 Å². The summed E-state index contributed by atoms with van der Waals surface area (Å²) in [6.45, 7) is 4.89. The molecule has 0 radical (unpaired) electrons. The molecule has 2 aromatic carbocycles. The maximum Gasteiger partial charge on any atom is 0.410 e. The van der Waals surface area contributed by atoms with Crippen LogP contribution >= 0.6 is 0 Å². The zero-order valence-electron chi connectivity index (χ0n) is 29.5. The summed E-state index contributed by atoms with van der Waals surface area (Å²) in [7, 11) is 0. The zero-order chi connectivity index (χ0) is 38.0. The highest BCUT2D eigenvalue weighted by Crippen LogP contribution is 2.31. The topological polar surface area (TPSA) is 228 Å². The average molecular weight is 737 g/mol. The number of aliphatic hydroxyl groups excluding tert-OH is 6. The molecule has 52 heavy (non-hydrogen) atoms. The zero-order valence-corrected chi connectivity index (χ0v) is 29.5. The SMILES string of the molecule is CC(C)(C)OC(=O)N1CC[C@@H](N(C[C@H](O)[C@@H](O)[C@@H]2OC(c3ccccc3)OC[C@H]2O)C[C@H](O)[C@@H](O)[C@@H]2OC(c3ccccc3)OC[C@H]2O)C1.O=CO. The van der Waals surface area contributed by atoms with Crippen molar-refractivity contribution < 1.29 is 69.0 Å². The lowest BCUT2D eigenvalue weighted by atomic mass is 9.98. The Balaban J connectivity index is 0.00000195. The highest BCUT2D eigenvalue weighted by molar-refractivity contribution is 5.68. The first-order valence-corrected chi connectivity index (χ1v) is 17.2. The molecule has 3 saturated heterocycles. The fourth-order valence-corrected chi connectivity index (χ4v) is 6.33. The van der Waals surface area contributed by atoms with Gasteiger partial charge in [-0.15, -0.1) is 0 Å². The maximum atomic E-state index is 12.9. The fourth-order valence-electron chi connectivity index (χ4n) is 6.33. The van der Waals surface area contributed by atoms with E-state index in [0.29, 0.717) is 24.1 Å². The van der Waals surface area contributed by atoms with Crippen LogP contribution in [0.15, 0.2) is 60.7 Å². The number of carbonyl (C=O) groups excluding carboxylic acids is 1. The van der Waals surface area contributed by atoms with Crippen molar-refractivity contribution in [1.29, 1.82) is 0 Å². The van der Waals surface area contributed by atoms with Gasteiger partial charge in [-0.2, -0.15) is 0 Å². The molecular formula is C36H52N2O14. The summed E-state index contributed by atoms with van der Waals surface area (Å²) in [4.78, 5) is 24.4. The lowest BCUT2D eigenvalue weighted by molar-refractivity contribution is -0.285. The van der Waals surface area contributed by atoms with Gasteiger partial charge in [0, 0.05) is 43.3 Å². The fraction of sp³-hybridized carbons (Fsp3) is 0.611. The van der Waals surface area contributed by atoms with Crippen molar-refractivity contribution in [2.75, 3.05) is 39.4 Å². The van der Waals surface area contributed by atoms with E-state index in [1.165, 1.54) is 4.90 Å². The third-order valence-corrected chi connectivity index (χ3v) is 8.94. The molecule has 0 aromatic heterocycles. The van der Waals surface area contributed by atoms with E-state index in [-0.39, 0.29) is 39.3 Å². The monoisotopic (exact) mass is 736 g/mol. The molecule has 16 nitrogen and oxygen atoms in total. The number of benzene rings is 2. The molecular weight excluding hydrogens is 684 g/mol. The molecule has 0 spiro atoms. The van der Waals surface area contributed by atoms with Gasteiger partial charge >= 0.3 is 6.09 Å². The second-order valence-electron chi connectivity index (χ2n) is 14.0. The number of amides is 1. The highest BCUT2D eigenvalue weighted by atomic mass is 16.7. The summed E-state index contributed by atoms with van der Waals surface area (Å²) in [5.41, 5.74) is 0.653. The number of nitrogens with zero attached hydrogens (tertiary/aromatic N) is 2. The lowest BCUT2D eigenvalue weighted by Gasteiger charge is -2.41. The van der Waals surface area contributed by atoms with Gasteiger partial charge in [0.05, 0.1) is 25.4 Å². The van der Waals surface area contributed by atoms with E-state index in [1.807, 2.05) is 12.1 Å². The van der Waals surface area contributed by atoms with Crippen LogP contribution in [0.4, 0.5) is 4.79 Å². The van der Waals surface area contributed by atoms with Crippen molar-refractivity contribution in [2.45, 2.75) is 100 Å². The summed E-state index contributed by atoms with van der Waals surface area (Å²) in [5, 5.41) is 73.5. The van der Waals surface area contributed by atoms with Gasteiger partial charge in [0.15, 0.2) is 12.6 Å². The van der Waals surface area contributed by atoms with E-state index in [2.05, 4.69) is 0 Å². The molecule has 11 atom stereocenters. The van der Waals surface area contributed by atoms with Gasteiger partial charge in [-0.3, -0.25) is 9.69 Å². The number of rotatable bonds is 11. The van der Waals surface area contributed by atoms with Crippen molar-refractivity contribution >= 4 is 12.6 Å². The van der Waals surface area contributed by atoms with Crippen molar-refractivity contribution in [2.24, 2.45) is 0 Å². The summed E-state index contributed by atoms with van der Waals surface area (Å²) in [6.07, 6.45) is -12.8. The van der Waals surface area contributed by atoms with Gasteiger partial charge in [-0.1, -0.05) is 60.7 Å². The molecule has 0 bridgehead atoms. The van der Waals surface area contributed by atoms with Crippen LogP contribution < -0.4 is 0 Å². The van der Waals surface area contributed by atoms with Crippen molar-refractivity contribution in [1.82, 2.24) is 9.80 Å². The first-order valence-electron chi connectivity index (χ1n) is 17.2. The summed E-state index contributed by atoms with van der Waals surface area (Å²) in [5.74, 6) is 0. The molecule has 16 heteroatoms. The largest absolute Gasteiger partial charge is 0.483 e. The average Bonchev–Trinajstić information content (AvgIpc) is 3.62. The predicted molar refractivity (Wildman–Crippen MR) is 183 cm³/mol. The third-order valence-electron chi connectivity index (χ3n) is 8.94. The summed E-state index contributed by atoms with van der Waals surface area (Å²) in [6, 6.07) is 17.6. The standard InChI is InChI=1S/C35H50N2O12.CH2O2/c1-35(2,3)49-34(44)36-15-14-23(16-36)37(17-24(38)28(42)30-26(40)19-45-32(47-30)21-10-6-4-7-11-21)18-25(39)29(43)31-27(41)20-46-33(48-31)22-12-8-5-9-13-22;2-1-3/h4-13,23-33,38-43H,14-20H2,1-3H3;1H,(H,2,3)/t23-,24+,25+,26-,27-,28-,29-,30-,31-,32?,33?;/m1./s1. The Morgan fingerprint density at radius 3 is 1.67 bits per heavy atom. The Morgan fingerprint density at radius 2 is 1.27 bits per heavy atom. The second-order valence-corrected chi connectivity index (χ2v) is 14.0. The Hall–Kier alpha value is -3.26. The Morgan fingerprint density at radius 1 is 0.846 bits per heavy atom. The number of carbonyl (C=O) groups is 2. The third kappa shape index (κ3) is 11.4. The van der Waals surface area contributed by atoms with Gasteiger partial charge in [0.1, 0.15) is 42.2 Å². The number of carboxylic acid groups (broad SMARTS) is 1. The van der Waals surface area contributed by atoms with Gasteiger partial charge in [-0.05, 0) is 27.2 Å². The maximum absolute atomic E-state index is 12.9. The smallest absolute Gasteiger partial charge is 0.410 e. The Bertz CT molecular complexity index is 1290. The molecule has 1 amide bonds. The molecule has 290 valence electrons. The first kappa shape index (κ1) is 41.5. The van der Waals surface area contributed by atoms with E-state index >= 15 is 0 Å². The van der Waals surface area contributed by atoms with E-state index < -0.39 is 79.1 Å². The molecule has 3 aliphatic heterocycles. The molecule has 5 rings (SSSR count). The van der Waals surface area contributed by atoms with Crippen LogP contribution in [-0.2, 0) is 28.5 Å². The second kappa shape index (κ2) is 19.2. The molecule has 0 aliphatic carbocycles. The minimum Gasteiger partial charge on any atom is -0.483 e. The van der Waals surface area contributed by atoms with Crippen molar-refractivity contribution in [3.05, 3.63) is 71.8 Å². The summed E-state index contributed by atoms with van der Waals surface area (Å²) < 4.78 is 28.6. The van der Waals surface area contributed by atoms with Crippen LogP contribution in [0.5, 0.6) is 0 Å². The molecule has 2 unspecified atom stereocenters. The number of aliphatic hydroxyl groups is 6. The predicted octanol–water partition coefficient (Wildman–Crippen LogP) is 0.392. The molecule has 7 N–H and O–H groups in total. The van der Waals surface area contributed by atoms with Crippen molar-refractivity contribution in [3.63, 3.8) is 0 Å². The molecule has 3 heterocycles. The minimum atomic E-state index is -1.56. The molecule has 0 saturated carbocycles. The molecule has 3 fully saturated rings. The number of hydrogen-bond donors (Lipinski definition) is 7.